The smallest absolute Gasteiger partial charge is 0.247 e. The third kappa shape index (κ3) is 5.58. The Hall–Kier alpha value is -3.67. The quantitative estimate of drug-likeness (QED) is 0.322. The molecule has 2 aliphatic rings. The van der Waals surface area contributed by atoms with E-state index in [1.165, 1.54) is 0 Å². The molecule has 172 valence electrons. The lowest BCUT2D eigenvalue weighted by Crippen LogP contribution is -2.45. The summed E-state index contributed by atoms with van der Waals surface area (Å²) in [7, 11) is 0. The highest BCUT2D eigenvalue weighted by Gasteiger charge is 2.30. The molecule has 1 unspecified atom stereocenters. The number of nitrogens with one attached hydrogen (secondary N) is 2. The molecule has 9 nitrogen and oxygen atoms in total. The molecule has 2 amide bonds. The van der Waals surface area contributed by atoms with Gasteiger partial charge in [0.1, 0.15) is 6.04 Å². The Kier molecular flexibility index (Phi) is 7.03. The number of benzene rings is 1. The molecule has 2 fully saturated rings. The number of nitrogens with zero attached hydrogens (tertiary/aromatic N) is 5. The minimum atomic E-state index is -0.646. The first-order valence-electron chi connectivity index (χ1n) is 11.5. The lowest BCUT2D eigenvalue weighted by Gasteiger charge is -2.25. The van der Waals surface area contributed by atoms with E-state index in [0.717, 1.165) is 61.1 Å². The third-order valence-electron chi connectivity index (χ3n) is 6.09. The second-order valence-corrected chi connectivity index (χ2v) is 8.56. The lowest BCUT2D eigenvalue weighted by atomic mass is 10.1. The van der Waals surface area contributed by atoms with Gasteiger partial charge in [0, 0.05) is 36.4 Å². The first-order chi connectivity index (χ1) is 16.0. The number of hydrogen-bond donors (Lipinski definition) is 2. The first kappa shape index (κ1) is 22.5. The fraction of sp³-hybridized carbons (Fsp3) is 0.458. The molecule has 0 aliphatic carbocycles. The van der Waals surface area contributed by atoms with Gasteiger partial charge in [-0.05, 0) is 63.3 Å². The first-order valence-corrected chi connectivity index (χ1v) is 11.5. The predicted octanol–water partition coefficient (Wildman–Crippen LogP) is 2.39. The van der Waals surface area contributed by atoms with Crippen LogP contribution in [-0.4, -0.2) is 64.8 Å². The Morgan fingerprint density at radius 3 is 2.76 bits per heavy atom. The van der Waals surface area contributed by atoms with Crippen molar-refractivity contribution in [2.24, 2.45) is 4.99 Å². The average molecular weight is 448 g/mol. The SMILES string of the molecule is Cc1ccc2cc(NC(=NC3CCCCN(CC(=O)N4CCCC4)C3=O)NC#N)ccc2n1. The van der Waals surface area contributed by atoms with Gasteiger partial charge in [-0.3, -0.25) is 19.9 Å². The monoisotopic (exact) mass is 447 g/mol. The van der Waals surface area contributed by atoms with Crippen LogP contribution < -0.4 is 10.6 Å². The van der Waals surface area contributed by atoms with E-state index in [1.807, 2.05) is 48.3 Å². The summed E-state index contributed by atoms with van der Waals surface area (Å²) in [6, 6.07) is 8.97. The van der Waals surface area contributed by atoms with Gasteiger partial charge in [-0.25, -0.2) is 4.99 Å². The highest BCUT2D eigenvalue weighted by atomic mass is 16.2. The van der Waals surface area contributed by atoms with Crippen LogP contribution in [0.4, 0.5) is 5.69 Å². The number of amides is 2. The van der Waals surface area contributed by atoms with E-state index >= 15 is 0 Å². The summed E-state index contributed by atoms with van der Waals surface area (Å²) in [6.07, 6.45) is 6.17. The molecular formula is C24H29N7O2. The molecular weight excluding hydrogens is 418 g/mol. The number of rotatable bonds is 4. The van der Waals surface area contributed by atoms with Crippen molar-refractivity contribution in [2.75, 3.05) is 31.5 Å². The van der Waals surface area contributed by atoms with Crippen LogP contribution >= 0.6 is 0 Å². The number of aryl methyl sites for hydroxylation is 1. The number of aliphatic imine (C=N–C) groups is 1. The fourth-order valence-electron chi connectivity index (χ4n) is 4.34. The summed E-state index contributed by atoms with van der Waals surface area (Å²) < 4.78 is 0. The van der Waals surface area contributed by atoms with E-state index in [4.69, 9.17) is 0 Å². The molecule has 2 aliphatic heterocycles. The van der Waals surface area contributed by atoms with Gasteiger partial charge >= 0.3 is 0 Å². The molecule has 0 radical (unpaired) electrons. The number of guanidine groups is 1. The highest BCUT2D eigenvalue weighted by Crippen LogP contribution is 2.20. The van der Waals surface area contributed by atoms with Crippen LogP contribution in [0.1, 0.15) is 37.8 Å². The molecule has 3 heterocycles. The van der Waals surface area contributed by atoms with Crippen LogP contribution in [0, 0.1) is 18.4 Å². The maximum Gasteiger partial charge on any atom is 0.247 e. The van der Waals surface area contributed by atoms with E-state index in [2.05, 4.69) is 20.6 Å². The molecule has 2 aromatic rings. The van der Waals surface area contributed by atoms with Crippen LogP contribution in [0.15, 0.2) is 35.3 Å². The summed E-state index contributed by atoms with van der Waals surface area (Å²) in [6.45, 7) is 4.12. The molecule has 1 aromatic carbocycles. The summed E-state index contributed by atoms with van der Waals surface area (Å²) >= 11 is 0. The number of aromatic nitrogens is 1. The van der Waals surface area contributed by atoms with Gasteiger partial charge < -0.3 is 15.1 Å². The Bertz CT molecular complexity index is 1100. The van der Waals surface area contributed by atoms with Crippen LogP contribution in [-0.2, 0) is 9.59 Å². The summed E-state index contributed by atoms with van der Waals surface area (Å²) in [5.41, 5.74) is 2.55. The average Bonchev–Trinajstić information content (AvgIpc) is 3.29. The van der Waals surface area contributed by atoms with Crippen LogP contribution in [0.5, 0.6) is 0 Å². The highest BCUT2D eigenvalue weighted by molar-refractivity contribution is 5.98. The zero-order valence-electron chi connectivity index (χ0n) is 18.9. The maximum atomic E-state index is 13.2. The predicted molar refractivity (Wildman–Crippen MR) is 126 cm³/mol. The van der Waals surface area contributed by atoms with Crippen molar-refractivity contribution in [2.45, 2.75) is 45.1 Å². The van der Waals surface area contributed by atoms with Crippen LogP contribution in [0.2, 0.25) is 0 Å². The second kappa shape index (κ2) is 10.3. The minimum absolute atomic E-state index is 0.000937. The third-order valence-corrected chi connectivity index (χ3v) is 6.09. The molecule has 0 bridgehead atoms. The van der Waals surface area contributed by atoms with E-state index in [1.54, 1.807) is 4.90 Å². The van der Waals surface area contributed by atoms with Crippen LogP contribution in [0.25, 0.3) is 10.9 Å². The van der Waals surface area contributed by atoms with Crippen molar-refractivity contribution in [3.05, 3.63) is 36.0 Å². The van der Waals surface area contributed by atoms with Crippen LogP contribution in [0.3, 0.4) is 0 Å². The molecule has 0 saturated carbocycles. The van der Waals surface area contributed by atoms with Crippen molar-refractivity contribution in [3.63, 3.8) is 0 Å². The second-order valence-electron chi connectivity index (χ2n) is 8.56. The van der Waals surface area contributed by atoms with Gasteiger partial charge in [-0.1, -0.05) is 6.07 Å². The van der Waals surface area contributed by atoms with Crippen molar-refractivity contribution >= 4 is 34.4 Å². The fourth-order valence-corrected chi connectivity index (χ4v) is 4.34. The van der Waals surface area contributed by atoms with Gasteiger partial charge in [0.05, 0.1) is 12.1 Å². The molecule has 4 rings (SSSR count). The van der Waals surface area contributed by atoms with E-state index in [9.17, 15) is 14.9 Å². The zero-order chi connectivity index (χ0) is 23.2. The van der Waals surface area contributed by atoms with Gasteiger partial charge in [0.25, 0.3) is 0 Å². The van der Waals surface area contributed by atoms with E-state index < -0.39 is 6.04 Å². The molecule has 0 spiro atoms. The number of hydrogen-bond acceptors (Lipinski definition) is 5. The summed E-state index contributed by atoms with van der Waals surface area (Å²) in [5, 5.41) is 15.9. The number of pyridine rings is 1. The van der Waals surface area contributed by atoms with Gasteiger partial charge in [0.15, 0.2) is 6.19 Å². The van der Waals surface area contributed by atoms with Crippen molar-refractivity contribution in [3.8, 4) is 6.19 Å². The lowest BCUT2D eigenvalue weighted by molar-refractivity contribution is -0.140. The van der Waals surface area contributed by atoms with Crippen molar-refractivity contribution in [1.82, 2.24) is 20.1 Å². The number of nitriles is 1. The number of fused-ring (bicyclic) bond motifs is 1. The normalized spacial score (nSPS) is 19.3. The van der Waals surface area contributed by atoms with Crippen molar-refractivity contribution < 1.29 is 9.59 Å². The molecule has 33 heavy (non-hydrogen) atoms. The molecule has 2 saturated heterocycles. The molecule has 1 aromatic heterocycles. The standard InChI is InChI=1S/C24H29N7O2/c1-17-7-8-18-14-19(9-10-20(18)27-17)28-24(26-16-25)29-21-6-2-3-13-31(23(21)33)15-22(32)30-11-4-5-12-30/h7-10,14,21H,2-6,11-13,15H2,1H3,(H2,26,28,29). The Morgan fingerprint density at radius 1 is 1.18 bits per heavy atom. The topological polar surface area (TPSA) is 114 Å². The molecule has 9 heteroatoms. The van der Waals surface area contributed by atoms with Gasteiger partial charge in [-0.2, -0.15) is 5.26 Å². The molecule has 1 atom stereocenters. The van der Waals surface area contributed by atoms with Crippen molar-refractivity contribution in [1.29, 1.82) is 5.26 Å². The number of carbonyl (C=O) groups excluding carboxylic acids is 2. The van der Waals surface area contributed by atoms with Gasteiger partial charge in [0.2, 0.25) is 17.8 Å². The number of carbonyl (C=O) groups is 2. The summed E-state index contributed by atoms with van der Waals surface area (Å²) in [5.74, 6) is 0.0410. The van der Waals surface area contributed by atoms with E-state index in [0.29, 0.717) is 13.0 Å². The Labute approximate surface area is 193 Å². The largest absolute Gasteiger partial charge is 0.341 e. The molecule has 2 N–H and O–H groups in total. The van der Waals surface area contributed by atoms with Gasteiger partial charge in [-0.15, -0.1) is 0 Å². The minimum Gasteiger partial charge on any atom is -0.341 e. The van der Waals surface area contributed by atoms with E-state index in [-0.39, 0.29) is 24.3 Å². The Balaban J connectivity index is 1.50. The zero-order valence-corrected chi connectivity index (χ0v) is 18.9. The maximum absolute atomic E-state index is 13.2. The summed E-state index contributed by atoms with van der Waals surface area (Å²) in [4.78, 5) is 38.3. The number of likely N-dealkylation sites (tertiary alicyclic amines) is 2. The number of anilines is 1. The Morgan fingerprint density at radius 2 is 1.97 bits per heavy atom.